The molecule has 28 heavy (non-hydrogen) atoms. The van der Waals surface area contributed by atoms with E-state index in [1.807, 2.05) is 13.0 Å². The lowest BCUT2D eigenvalue weighted by molar-refractivity contribution is 0.229. The third-order valence-electron chi connectivity index (χ3n) is 5.54. The molecule has 0 aliphatic heterocycles. The number of rotatable bonds is 6. The topological polar surface area (TPSA) is 95.9 Å². The number of aryl methyl sites for hydroxylation is 1. The van der Waals surface area contributed by atoms with Gasteiger partial charge in [-0.25, -0.2) is 9.97 Å². The van der Waals surface area contributed by atoms with Crippen molar-refractivity contribution in [3.8, 4) is 10.6 Å². The van der Waals surface area contributed by atoms with Gasteiger partial charge >= 0.3 is 0 Å². The second-order valence-corrected chi connectivity index (χ2v) is 8.87. The summed E-state index contributed by atoms with van der Waals surface area (Å²) in [7, 11) is 0. The van der Waals surface area contributed by atoms with Gasteiger partial charge in [0, 0.05) is 24.9 Å². The van der Waals surface area contributed by atoms with Crippen LogP contribution < -0.4 is 10.6 Å². The van der Waals surface area contributed by atoms with Gasteiger partial charge in [0.1, 0.15) is 16.3 Å². The Hall–Kier alpha value is -2.32. The Morgan fingerprint density at radius 2 is 1.96 bits per heavy atom. The fraction of sp³-hybridized carbons (Fsp3) is 0.500. The minimum atomic E-state index is 0.257. The molecule has 3 heterocycles. The molecule has 0 amide bonds. The summed E-state index contributed by atoms with van der Waals surface area (Å²) in [4.78, 5) is 18.5. The summed E-state index contributed by atoms with van der Waals surface area (Å²) < 4.78 is 1.11. The Balaban J connectivity index is 1.53. The molecule has 2 fully saturated rings. The van der Waals surface area contributed by atoms with Crippen molar-refractivity contribution in [1.29, 1.82) is 0 Å². The molecule has 146 valence electrons. The lowest BCUT2D eigenvalue weighted by Gasteiger charge is -2.18. The molecule has 2 atom stereocenters. The number of aromatic nitrogens is 4. The van der Waals surface area contributed by atoms with Crippen LogP contribution in [0.4, 0.5) is 11.8 Å². The van der Waals surface area contributed by atoms with Crippen molar-refractivity contribution >= 4 is 33.3 Å². The number of hydrogen-bond donors (Lipinski definition) is 3. The van der Waals surface area contributed by atoms with Crippen molar-refractivity contribution in [2.24, 2.45) is 5.92 Å². The lowest BCUT2D eigenvalue weighted by Crippen LogP contribution is -2.19. The fourth-order valence-corrected chi connectivity index (χ4v) is 4.89. The van der Waals surface area contributed by atoms with E-state index in [0.717, 1.165) is 51.6 Å². The second-order valence-electron chi connectivity index (χ2n) is 7.84. The van der Waals surface area contributed by atoms with Gasteiger partial charge in [0.15, 0.2) is 0 Å². The van der Waals surface area contributed by atoms with Crippen molar-refractivity contribution in [3.05, 3.63) is 24.2 Å². The van der Waals surface area contributed by atoms with Crippen LogP contribution in [0.15, 0.2) is 18.5 Å². The Bertz CT molecular complexity index is 969. The normalized spacial score (nSPS) is 21.9. The van der Waals surface area contributed by atoms with Gasteiger partial charge in [-0.1, -0.05) is 0 Å². The molecular weight excluding hydrogens is 372 g/mol. The molecule has 0 bridgehead atoms. The van der Waals surface area contributed by atoms with Crippen LogP contribution in [0.2, 0.25) is 0 Å². The highest BCUT2D eigenvalue weighted by molar-refractivity contribution is 7.21. The number of thiazole rings is 1. The first-order valence-electron chi connectivity index (χ1n) is 9.93. The molecule has 2 saturated carbocycles. The quantitative estimate of drug-likeness (QED) is 0.586. The van der Waals surface area contributed by atoms with E-state index in [0.29, 0.717) is 23.9 Å². The molecular formula is C20H24N6OS. The van der Waals surface area contributed by atoms with E-state index in [9.17, 15) is 5.11 Å². The number of fused-ring (bicyclic) bond motifs is 1. The van der Waals surface area contributed by atoms with E-state index in [1.54, 1.807) is 23.7 Å². The van der Waals surface area contributed by atoms with E-state index >= 15 is 0 Å². The van der Waals surface area contributed by atoms with Gasteiger partial charge in [-0.3, -0.25) is 4.98 Å². The molecule has 0 radical (unpaired) electrons. The van der Waals surface area contributed by atoms with Crippen LogP contribution in [0, 0.1) is 12.8 Å². The van der Waals surface area contributed by atoms with Crippen LogP contribution in [0.5, 0.6) is 0 Å². The highest BCUT2D eigenvalue weighted by Gasteiger charge is 2.28. The van der Waals surface area contributed by atoms with Gasteiger partial charge < -0.3 is 15.7 Å². The molecule has 0 aromatic carbocycles. The van der Waals surface area contributed by atoms with Crippen molar-refractivity contribution in [2.75, 3.05) is 17.2 Å². The fourth-order valence-electron chi connectivity index (χ4n) is 3.86. The molecule has 3 N–H and O–H groups in total. The van der Waals surface area contributed by atoms with E-state index in [-0.39, 0.29) is 6.61 Å². The summed E-state index contributed by atoms with van der Waals surface area (Å²) in [5.41, 5.74) is 2.79. The summed E-state index contributed by atoms with van der Waals surface area (Å²) in [5.74, 6) is 1.90. The largest absolute Gasteiger partial charge is 0.396 e. The van der Waals surface area contributed by atoms with Gasteiger partial charge in [0.25, 0.3) is 0 Å². The zero-order valence-corrected chi connectivity index (χ0v) is 16.7. The third kappa shape index (κ3) is 3.54. The number of pyridine rings is 1. The van der Waals surface area contributed by atoms with Crippen LogP contribution in [0.3, 0.4) is 0 Å². The van der Waals surface area contributed by atoms with Gasteiger partial charge in [-0.05, 0) is 51.0 Å². The smallest absolute Gasteiger partial charge is 0.225 e. The number of hydrogen-bond acceptors (Lipinski definition) is 8. The summed E-state index contributed by atoms with van der Waals surface area (Å²) >= 11 is 1.64. The first kappa shape index (κ1) is 17.8. The summed E-state index contributed by atoms with van der Waals surface area (Å²) in [5, 5.41) is 17.5. The Labute approximate surface area is 167 Å². The van der Waals surface area contributed by atoms with E-state index in [4.69, 9.17) is 15.0 Å². The van der Waals surface area contributed by atoms with Crippen molar-refractivity contribution in [1.82, 2.24) is 19.9 Å². The van der Waals surface area contributed by atoms with Crippen molar-refractivity contribution in [3.63, 3.8) is 0 Å². The first-order chi connectivity index (χ1) is 13.7. The summed E-state index contributed by atoms with van der Waals surface area (Å²) in [6, 6.07) is 2.80. The summed E-state index contributed by atoms with van der Waals surface area (Å²) in [6.45, 7) is 2.28. The van der Waals surface area contributed by atoms with Crippen LogP contribution in [-0.2, 0) is 0 Å². The monoisotopic (exact) mass is 396 g/mol. The second kappa shape index (κ2) is 7.25. The third-order valence-corrected chi connectivity index (χ3v) is 6.60. The number of nitrogens with one attached hydrogen (secondary N) is 2. The average Bonchev–Trinajstić information content (AvgIpc) is 3.21. The van der Waals surface area contributed by atoms with Gasteiger partial charge in [0.2, 0.25) is 5.95 Å². The maximum Gasteiger partial charge on any atom is 0.225 e. The predicted octanol–water partition coefficient (Wildman–Crippen LogP) is 3.60. The molecule has 7 nitrogen and oxygen atoms in total. The Morgan fingerprint density at radius 3 is 2.71 bits per heavy atom. The molecule has 8 heteroatoms. The van der Waals surface area contributed by atoms with E-state index < -0.39 is 0 Å². The van der Waals surface area contributed by atoms with Gasteiger partial charge in [-0.15, -0.1) is 11.3 Å². The molecule has 5 rings (SSSR count). The van der Waals surface area contributed by atoms with Crippen molar-refractivity contribution < 1.29 is 5.11 Å². The van der Waals surface area contributed by atoms with Gasteiger partial charge in [-0.2, -0.15) is 4.98 Å². The SMILES string of the molecule is Cc1nc(NC2CC2)nc(N[C@H]2CC[C@@H](CO)C2)c1-c1nc2cnccc2s1. The number of aliphatic hydroxyl groups is 1. The van der Waals surface area contributed by atoms with Crippen LogP contribution in [-0.4, -0.2) is 43.7 Å². The highest BCUT2D eigenvalue weighted by Crippen LogP contribution is 2.38. The standard InChI is InChI=1S/C20H24N6OS/c1-11-17(19-25-15-9-21-7-6-16(15)28-19)18(23-14-3-2-12(8-14)10-27)26-20(22-11)24-13-4-5-13/h6-7,9,12-14,27H,2-5,8,10H2,1H3,(H2,22,23,24,26)/t12-,14+/m1/s1. The number of aliphatic hydroxyl groups excluding tert-OH is 1. The minimum absolute atomic E-state index is 0.257. The zero-order valence-electron chi connectivity index (χ0n) is 15.9. The first-order valence-corrected chi connectivity index (χ1v) is 10.7. The Morgan fingerprint density at radius 1 is 1.11 bits per heavy atom. The van der Waals surface area contributed by atoms with Crippen LogP contribution in [0.25, 0.3) is 20.8 Å². The van der Waals surface area contributed by atoms with E-state index in [1.165, 1.54) is 12.8 Å². The molecule has 2 aliphatic rings. The molecule has 2 aliphatic carbocycles. The summed E-state index contributed by atoms with van der Waals surface area (Å²) in [6.07, 6.45) is 9.01. The van der Waals surface area contributed by atoms with Crippen LogP contribution >= 0.6 is 11.3 Å². The molecule has 3 aromatic heterocycles. The maximum atomic E-state index is 9.48. The Kier molecular flexibility index (Phi) is 4.60. The van der Waals surface area contributed by atoms with Crippen molar-refractivity contribution in [2.45, 2.75) is 51.1 Å². The molecule has 0 spiro atoms. The minimum Gasteiger partial charge on any atom is -0.396 e. The zero-order chi connectivity index (χ0) is 19.1. The maximum absolute atomic E-state index is 9.48. The van der Waals surface area contributed by atoms with Crippen LogP contribution in [0.1, 0.15) is 37.8 Å². The lowest BCUT2D eigenvalue weighted by atomic mass is 10.1. The number of anilines is 2. The molecule has 0 saturated heterocycles. The molecule has 3 aromatic rings. The van der Waals surface area contributed by atoms with Gasteiger partial charge in [0.05, 0.1) is 22.2 Å². The highest BCUT2D eigenvalue weighted by atomic mass is 32.1. The molecule has 0 unspecified atom stereocenters. The van der Waals surface area contributed by atoms with E-state index in [2.05, 4.69) is 15.6 Å². The average molecular weight is 397 g/mol. The number of nitrogens with zero attached hydrogens (tertiary/aromatic N) is 4. The predicted molar refractivity (Wildman–Crippen MR) is 112 cm³/mol.